The summed E-state index contributed by atoms with van der Waals surface area (Å²) in [5.74, 6) is 0.737. The van der Waals surface area contributed by atoms with Gasteiger partial charge in [-0.15, -0.1) is 10.9 Å². The summed E-state index contributed by atoms with van der Waals surface area (Å²) in [5.41, 5.74) is 0.838. The first-order chi connectivity index (χ1) is 13.2. The zero-order chi connectivity index (χ0) is 20.5. The summed E-state index contributed by atoms with van der Waals surface area (Å²) in [4.78, 5) is 14.3. The fourth-order valence-electron chi connectivity index (χ4n) is 3.03. The lowest BCUT2D eigenvalue weighted by molar-refractivity contribution is -0.137. The van der Waals surface area contributed by atoms with Crippen molar-refractivity contribution in [1.29, 1.82) is 0 Å². The third-order valence-corrected chi connectivity index (χ3v) is 7.08. The van der Waals surface area contributed by atoms with Gasteiger partial charge in [0.25, 0.3) is 0 Å². The van der Waals surface area contributed by atoms with Crippen LogP contribution in [-0.2, 0) is 17.5 Å². The highest BCUT2D eigenvalue weighted by atomic mass is 32.2. The predicted molar refractivity (Wildman–Crippen MR) is 105 cm³/mol. The normalized spacial score (nSPS) is 17.2. The quantitative estimate of drug-likeness (QED) is 0.467. The summed E-state index contributed by atoms with van der Waals surface area (Å²) in [6.07, 6.45) is -2.36. The molecule has 0 saturated carbocycles. The second kappa shape index (κ2) is 7.91. The summed E-state index contributed by atoms with van der Waals surface area (Å²) in [6.45, 7) is 4.16. The predicted octanol–water partition coefficient (Wildman–Crippen LogP) is 6.42. The number of hydrogen-bond donors (Lipinski definition) is 1. The number of alkyl halides is 3. The van der Waals surface area contributed by atoms with Gasteiger partial charge in [-0.05, 0) is 46.2 Å². The van der Waals surface area contributed by atoms with Crippen molar-refractivity contribution < 1.29 is 27.4 Å². The number of rotatable bonds is 4. The van der Waals surface area contributed by atoms with Gasteiger partial charge in [0, 0.05) is 0 Å². The van der Waals surface area contributed by atoms with E-state index in [9.17, 15) is 18.0 Å². The van der Waals surface area contributed by atoms with Crippen molar-refractivity contribution in [1.82, 2.24) is 0 Å². The molecule has 0 radical (unpaired) electrons. The molecular formula is C21H21F3O3S. The molecule has 0 spiro atoms. The zero-order valence-corrected chi connectivity index (χ0v) is 16.6. The molecule has 0 aliphatic carbocycles. The van der Waals surface area contributed by atoms with Crippen molar-refractivity contribution in [3.8, 4) is 5.75 Å². The van der Waals surface area contributed by atoms with Crippen molar-refractivity contribution in [3.63, 3.8) is 0 Å². The van der Waals surface area contributed by atoms with Gasteiger partial charge in [0.15, 0.2) is 0 Å². The topological polar surface area (TPSA) is 35.5 Å². The lowest BCUT2D eigenvalue weighted by Gasteiger charge is -2.23. The van der Waals surface area contributed by atoms with Crippen molar-refractivity contribution in [2.75, 3.05) is 7.11 Å². The second-order valence-electron chi connectivity index (χ2n) is 6.71. The van der Waals surface area contributed by atoms with Gasteiger partial charge in [0.2, 0.25) is 0 Å². The van der Waals surface area contributed by atoms with Crippen LogP contribution >= 0.6 is 10.9 Å². The largest absolute Gasteiger partial charge is 0.488 e. The maximum Gasteiger partial charge on any atom is 0.416 e. The molecule has 2 aromatic carbocycles. The molecule has 1 heterocycles. The Morgan fingerprint density at radius 2 is 1.79 bits per heavy atom. The van der Waals surface area contributed by atoms with Gasteiger partial charge in [0.05, 0.1) is 17.6 Å². The first kappa shape index (κ1) is 20.3. The van der Waals surface area contributed by atoms with E-state index in [0.717, 1.165) is 27.5 Å². The third-order valence-electron chi connectivity index (χ3n) is 4.44. The molecule has 0 amide bonds. The number of fused-ring (bicyclic) bond motifs is 1. The minimum absolute atomic E-state index is 0.107. The van der Waals surface area contributed by atoms with Gasteiger partial charge in [0.1, 0.15) is 12.4 Å². The van der Waals surface area contributed by atoms with Crippen LogP contribution in [0.25, 0.3) is 6.08 Å². The van der Waals surface area contributed by atoms with Crippen LogP contribution in [0.4, 0.5) is 18.0 Å². The number of carbonyl (C=O) groups is 1. The maximum atomic E-state index is 12.7. The Labute approximate surface area is 164 Å². The number of thiol groups is 1. The molecule has 7 heteroatoms. The van der Waals surface area contributed by atoms with E-state index in [4.69, 9.17) is 9.47 Å². The Morgan fingerprint density at radius 1 is 1.11 bits per heavy atom. The summed E-state index contributed by atoms with van der Waals surface area (Å²) in [6, 6.07) is 10.4. The van der Waals surface area contributed by atoms with Gasteiger partial charge in [-0.2, -0.15) is 13.2 Å². The average molecular weight is 410 g/mol. The van der Waals surface area contributed by atoms with Crippen LogP contribution in [0, 0.1) is 5.92 Å². The van der Waals surface area contributed by atoms with Gasteiger partial charge in [-0.1, -0.05) is 38.1 Å². The molecule has 2 aromatic rings. The minimum Gasteiger partial charge on any atom is -0.488 e. The molecule has 1 atom stereocenters. The lowest BCUT2D eigenvalue weighted by Crippen LogP contribution is -2.06. The first-order valence-electron chi connectivity index (χ1n) is 8.74. The minimum atomic E-state index is -4.37. The lowest BCUT2D eigenvalue weighted by atomic mass is 10.1. The monoisotopic (exact) mass is 410 g/mol. The molecular weight excluding hydrogens is 389 g/mol. The summed E-state index contributed by atoms with van der Waals surface area (Å²) in [5, 5.41) is -0.292. The molecule has 0 bridgehead atoms. The van der Waals surface area contributed by atoms with Gasteiger partial charge in [-0.3, -0.25) is 0 Å². The van der Waals surface area contributed by atoms with Crippen LogP contribution in [0.1, 0.15) is 30.5 Å². The number of halogens is 3. The van der Waals surface area contributed by atoms with Crippen molar-refractivity contribution in [2.45, 2.75) is 31.5 Å². The first-order valence-corrected chi connectivity index (χ1v) is 10.1. The molecule has 150 valence electrons. The maximum absolute atomic E-state index is 12.7. The molecule has 1 aliphatic heterocycles. The third kappa shape index (κ3) is 4.04. The molecule has 3 rings (SSSR count). The van der Waals surface area contributed by atoms with Crippen LogP contribution in [0.15, 0.2) is 52.3 Å². The van der Waals surface area contributed by atoms with E-state index in [1.54, 1.807) is 6.07 Å². The average Bonchev–Trinajstić information content (AvgIpc) is 3.06. The van der Waals surface area contributed by atoms with E-state index >= 15 is 0 Å². The number of carbonyl (C=O) groups excluding carboxylic acids is 1. The zero-order valence-electron chi connectivity index (χ0n) is 15.7. The fraction of sp³-hybridized carbons (Fsp3) is 0.286. The second-order valence-corrected chi connectivity index (χ2v) is 8.71. The fourth-order valence-corrected chi connectivity index (χ4v) is 5.40. The molecule has 0 fully saturated rings. The van der Waals surface area contributed by atoms with Gasteiger partial charge < -0.3 is 9.47 Å². The Balaban J connectivity index is 1.85. The molecule has 0 saturated heterocycles. The van der Waals surface area contributed by atoms with Gasteiger partial charge >= 0.3 is 11.5 Å². The molecule has 28 heavy (non-hydrogen) atoms. The number of benzene rings is 2. The van der Waals surface area contributed by atoms with Crippen LogP contribution in [0.2, 0.25) is 0 Å². The number of ether oxygens (including phenoxy) is 2. The standard InChI is InChI=1S/C21H21F3O3S/c1-13(2)18-11-15-5-4-6-17(19(15)28(18)20(25)26-3)27-12-14-7-9-16(10-8-14)21(22,23)24/h4-11,13,28H,12H2,1-3H3. The van der Waals surface area contributed by atoms with Crippen molar-refractivity contribution in [3.05, 3.63) is 64.1 Å². The molecule has 1 unspecified atom stereocenters. The van der Waals surface area contributed by atoms with E-state index in [0.29, 0.717) is 11.3 Å². The summed E-state index contributed by atoms with van der Waals surface area (Å²) >= 11 is 0. The van der Waals surface area contributed by atoms with Crippen molar-refractivity contribution >= 4 is 22.3 Å². The smallest absolute Gasteiger partial charge is 0.416 e. The molecule has 0 N–H and O–H groups in total. The number of allylic oxidation sites excluding steroid dienone is 1. The molecule has 1 aliphatic rings. The van der Waals surface area contributed by atoms with Crippen LogP contribution in [0.5, 0.6) is 5.75 Å². The highest BCUT2D eigenvalue weighted by Gasteiger charge is 2.33. The van der Waals surface area contributed by atoms with E-state index in [2.05, 4.69) is 0 Å². The Bertz CT molecular complexity index is 902. The number of hydrogen-bond acceptors (Lipinski definition) is 3. The van der Waals surface area contributed by atoms with E-state index in [1.165, 1.54) is 19.2 Å². The highest BCUT2D eigenvalue weighted by molar-refractivity contribution is 8.33. The number of methoxy groups -OCH3 is 1. The Morgan fingerprint density at radius 3 is 2.36 bits per heavy atom. The summed E-state index contributed by atoms with van der Waals surface area (Å²) < 4.78 is 49.0. The highest BCUT2D eigenvalue weighted by Crippen LogP contribution is 2.58. The van der Waals surface area contributed by atoms with Crippen LogP contribution in [-0.4, -0.2) is 12.4 Å². The van der Waals surface area contributed by atoms with E-state index in [-0.39, 0.29) is 17.8 Å². The van der Waals surface area contributed by atoms with E-state index < -0.39 is 22.6 Å². The molecule has 0 aromatic heterocycles. The Kier molecular flexibility index (Phi) is 5.74. The van der Waals surface area contributed by atoms with E-state index in [1.807, 2.05) is 32.1 Å². The Hall–Kier alpha value is -2.41. The van der Waals surface area contributed by atoms with Crippen LogP contribution in [0.3, 0.4) is 0 Å². The van der Waals surface area contributed by atoms with Gasteiger partial charge in [-0.25, -0.2) is 4.79 Å². The molecule has 3 nitrogen and oxygen atoms in total. The summed E-state index contributed by atoms with van der Waals surface area (Å²) in [7, 11) is 0.0466. The van der Waals surface area contributed by atoms with Crippen molar-refractivity contribution in [2.24, 2.45) is 5.92 Å². The SMILES string of the molecule is COC(=O)[SH]1C(C(C)C)=Cc2cccc(OCc3ccc(C(F)(F)F)cc3)c21. The van der Waals surface area contributed by atoms with Crippen LogP contribution < -0.4 is 4.74 Å².